The van der Waals surface area contributed by atoms with Gasteiger partial charge in [0.15, 0.2) is 0 Å². The van der Waals surface area contributed by atoms with E-state index < -0.39 is 0 Å². The first-order valence-electron chi connectivity index (χ1n) is 5.22. The van der Waals surface area contributed by atoms with Crippen LogP contribution in [0.2, 0.25) is 0 Å². The van der Waals surface area contributed by atoms with Gasteiger partial charge in [-0.3, -0.25) is 4.99 Å². The third kappa shape index (κ3) is 6.62. The fourth-order valence-electron chi connectivity index (χ4n) is 1.03. The fourth-order valence-corrected chi connectivity index (χ4v) is 1.03. The second-order valence-corrected chi connectivity index (χ2v) is 4.54. The molecule has 2 nitrogen and oxygen atoms in total. The van der Waals surface area contributed by atoms with Gasteiger partial charge in [0, 0.05) is 18.6 Å². The van der Waals surface area contributed by atoms with E-state index in [1.807, 2.05) is 6.34 Å². The second-order valence-electron chi connectivity index (χ2n) is 4.54. The lowest BCUT2D eigenvalue weighted by atomic mass is 10.2. The monoisotopic (exact) mass is 184 g/mol. The molecule has 0 saturated heterocycles. The van der Waals surface area contributed by atoms with Crippen molar-refractivity contribution in [3.8, 4) is 0 Å². The molecule has 0 aliphatic rings. The molecule has 2 heteroatoms. The average Bonchev–Trinajstić information content (AvgIpc) is 1.96. The maximum atomic E-state index is 4.40. The van der Waals surface area contributed by atoms with Crippen molar-refractivity contribution in [2.45, 2.75) is 53.6 Å². The topological polar surface area (TPSA) is 15.6 Å². The van der Waals surface area contributed by atoms with Crippen LogP contribution in [-0.2, 0) is 0 Å². The summed E-state index contributed by atoms with van der Waals surface area (Å²) in [5, 5.41) is 0. The van der Waals surface area contributed by atoms with Gasteiger partial charge in [-0.2, -0.15) is 0 Å². The van der Waals surface area contributed by atoms with E-state index in [2.05, 4.69) is 51.4 Å². The molecule has 0 rings (SSSR count). The van der Waals surface area contributed by atoms with Crippen LogP contribution in [0.4, 0.5) is 0 Å². The first-order valence-corrected chi connectivity index (χ1v) is 5.22. The van der Waals surface area contributed by atoms with E-state index in [1.165, 1.54) is 0 Å². The van der Waals surface area contributed by atoms with Gasteiger partial charge in [-0.15, -0.1) is 0 Å². The Bertz CT molecular complexity index is 148. The Hall–Kier alpha value is -0.530. The Morgan fingerprint density at radius 1 is 1.08 bits per heavy atom. The Morgan fingerprint density at radius 3 is 1.92 bits per heavy atom. The van der Waals surface area contributed by atoms with Crippen LogP contribution in [0.1, 0.15) is 41.5 Å². The van der Waals surface area contributed by atoms with Crippen LogP contribution in [0.25, 0.3) is 0 Å². The van der Waals surface area contributed by atoms with Crippen LogP contribution < -0.4 is 0 Å². The molecule has 0 heterocycles. The number of aliphatic imine (C=N–C) groups is 1. The van der Waals surface area contributed by atoms with E-state index in [0.717, 1.165) is 6.54 Å². The highest BCUT2D eigenvalue weighted by Crippen LogP contribution is 2.01. The average molecular weight is 184 g/mol. The van der Waals surface area contributed by atoms with E-state index >= 15 is 0 Å². The summed E-state index contributed by atoms with van der Waals surface area (Å²) in [7, 11) is 0. The van der Waals surface area contributed by atoms with Gasteiger partial charge in [0.25, 0.3) is 0 Å². The molecule has 0 radical (unpaired) electrons. The molecule has 0 aliphatic heterocycles. The van der Waals surface area contributed by atoms with Gasteiger partial charge in [-0.05, 0) is 33.6 Å². The molecule has 0 unspecified atom stereocenters. The smallest absolute Gasteiger partial charge is 0.0855 e. The molecule has 13 heavy (non-hydrogen) atoms. The zero-order valence-corrected chi connectivity index (χ0v) is 9.91. The summed E-state index contributed by atoms with van der Waals surface area (Å²) in [4.78, 5) is 6.70. The number of hydrogen-bond acceptors (Lipinski definition) is 1. The van der Waals surface area contributed by atoms with Gasteiger partial charge in [0.2, 0.25) is 0 Å². The number of rotatable bonds is 5. The van der Waals surface area contributed by atoms with Gasteiger partial charge in [-0.1, -0.05) is 13.8 Å². The van der Waals surface area contributed by atoms with Crippen molar-refractivity contribution >= 4 is 6.34 Å². The molecule has 0 amide bonds. The van der Waals surface area contributed by atoms with Crippen molar-refractivity contribution in [3.63, 3.8) is 0 Å². The summed E-state index contributed by atoms with van der Waals surface area (Å²) in [6, 6.07) is 0.943. The summed E-state index contributed by atoms with van der Waals surface area (Å²) in [6.07, 6.45) is 2.00. The van der Waals surface area contributed by atoms with Gasteiger partial charge in [0.05, 0.1) is 6.34 Å². The summed E-state index contributed by atoms with van der Waals surface area (Å²) >= 11 is 0. The van der Waals surface area contributed by atoms with E-state index in [0.29, 0.717) is 18.0 Å². The van der Waals surface area contributed by atoms with Crippen LogP contribution in [0, 0.1) is 5.92 Å². The molecule has 0 aliphatic carbocycles. The van der Waals surface area contributed by atoms with Crippen molar-refractivity contribution < 1.29 is 0 Å². The van der Waals surface area contributed by atoms with Gasteiger partial charge in [-0.25, -0.2) is 0 Å². The van der Waals surface area contributed by atoms with Crippen LogP contribution in [-0.4, -0.2) is 29.9 Å². The highest BCUT2D eigenvalue weighted by Gasteiger charge is 2.06. The molecule has 0 saturated carbocycles. The zero-order chi connectivity index (χ0) is 10.4. The third-order valence-electron chi connectivity index (χ3n) is 1.75. The fraction of sp³-hybridized carbons (Fsp3) is 0.909. The van der Waals surface area contributed by atoms with Crippen molar-refractivity contribution in [2.75, 3.05) is 6.54 Å². The number of nitrogens with zero attached hydrogens (tertiary/aromatic N) is 2. The Labute approximate surface area is 83.0 Å². The molecular weight excluding hydrogens is 160 g/mol. The maximum absolute atomic E-state index is 4.40. The van der Waals surface area contributed by atoms with E-state index in [9.17, 15) is 0 Å². The van der Waals surface area contributed by atoms with Crippen LogP contribution in [0.5, 0.6) is 0 Å². The lowest BCUT2D eigenvalue weighted by molar-refractivity contribution is 0.318. The standard InChI is InChI=1S/C11H24N2/c1-9(2)7-13(11(5)6)8-12-10(3)4/h8-11H,7H2,1-6H3/b12-8-. The molecule has 78 valence electrons. The van der Waals surface area contributed by atoms with Crippen molar-refractivity contribution in [1.29, 1.82) is 0 Å². The molecule has 0 fully saturated rings. The number of hydrogen-bond donors (Lipinski definition) is 0. The lowest BCUT2D eigenvalue weighted by Crippen LogP contribution is -2.33. The molecule has 0 aromatic heterocycles. The summed E-state index contributed by atoms with van der Waals surface area (Å²) < 4.78 is 0. The maximum Gasteiger partial charge on any atom is 0.0855 e. The van der Waals surface area contributed by atoms with Crippen LogP contribution in [0.15, 0.2) is 4.99 Å². The molecule has 0 spiro atoms. The van der Waals surface area contributed by atoms with Gasteiger partial charge < -0.3 is 4.90 Å². The van der Waals surface area contributed by atoms with E-state index in [-0.39, 0.29) is 0 Å². The minimum Gasteiger partial charge on any atom is -0.360 e. The Morgan fingerprint density at radius 2 is 1.62 bits per heavy atom. The van der Waals surface area contributed by atoms with E-state index in [4.69, 9.17) is 0 Å². The highest BCUT2D eigenvalue weighted by molar-refractivity contribution is 5.55. The normalized spacial score (nSPS) is 12.4. The summed E-state index contributed by atoms with van der Waals surface area (Å²) in [6.45, 7) is 14.2. The highest BCUT2D eigenvalue weighted by atomic mass is 15.2. The predicted molar refractivity (Wildman–Crippen MR) is 60.3 cm³/mol. The largest absolute Gasteiger partial charge is 0.360 e. The molecule has 0 N–H and O–H groups in total. The first kappa shape index (κ1) is 12.5. The molecule has 0 bridgehead atoms. The molecular formula is C11H24N2. The van der Waals surface area contributed by atoms with Gasteiger partial charge in [0.1, 0.15) is 0 Å². The lowest BCUT2D eigenvalue weighted by Gasteiger charge is -2.26. The minimum atomic E-state index is 0.397. The SMILES string of the molecule is CC(C)CN(/C=N\C(C)C)C(C)C. The van der Waals surface area contributed by atoms with Crippen LogP contribution >= 0.6 is 0 Å². The third-order valence-corrected chi connectivity index (χ3v) is 1.75. The quantitative estimate of drug-likeness (QED) is 0.474. The van der Waals surface area contributed by atoms with Crippen LogP contribution in [0.3, 0.4) is 0 Å². The van der Waals surface area contributed by atoms with E-state index in [1.54, 1.807) is 0 Å². The summed E-state index contributed by atoms with van der Waals surface area (Å²) in [5.41, 5.74) is 0. The first-order chi connectivity index (χ1) is 5.93. The van der Waals surface area contributed by atoms with Crippen molar-refractivity contribution in [3.05, 3.63) is 0 Å². The predicted octanol–water partition coefficient (Wildman–Crippen LogP) is 2.79. The second kappa shape index (κ2) is 6.01. The summed E-state index contributed by atoms with van der Waals surface area (Å²) in [5.74, 6) is 0.695. The van der Waals surface area contributed by atoms with Gasteiger partial charge >= 0.3 is 0 Å². The minimum absolute atomic E-state index is 0.397. The zero-order valence-electron chi connectivity index (χ0n) is 9.91. The van der Waals surface area contributed by atoms with Crippen molar-refractivity contribution in [1.82, 2.24) is 4.90 Å². The van der Waals surface area contributed by atoms with Crippen molar-refractivity contribution in [2.24, 2.45) is 10.9 Å². The Kier molecular flexibility index (Phi) is 5.76. The molecule has 0 aromatic rings. The molecule has 0 aromatic carbocycles. The Balaban J connectivity index is 4.10. The molecule has 0 atom stereocenters.